The van der Waals surface area contributed by atoms with Gasteiger partial charge in [-0.05, 0) is 18.2 Å². The number of halogens is 3. The molecule has 1 aliphatic rings. The molecule has 0 aliphatic carbocycles. The fourth-order valence-electron chi connectivity index (χ4n) is 2.02. The van der Waals surface area contributed by atoms with E-state index in [1.165, 1.54) is 4.90 Å². The topological polar surface area (TPSA) is 80.5 Å². The molecule has 1 saturated heterocycles. The third kappa shape index (κ3) is 3.46. The van der Waals surface area contributed by atoms with Gasteiger partial charge < -0.3 is 10.6 Å². The number of anilines is 1. The van der Waals surface area contributed by atoms with Crippen LogP contribution < -0.4 is 5.73 Å². The molecule has 5 nitrogen and oxygen atoms in total. The van der Waals surface area contributed by atoms with Crippen LogP contribution in [0.3, 0.4) is 0 Å². The number of nitrogen functional groups attached to an aromatic ring is 1. The zero-order valence-electron chi connectivity index (χ0n) is 10.9. The minimum Gasteiger partial charge on any atom is -0.398 e. The molecule has 1 heterocycles. The molecular formula is C12H13F3N2O3S. The first kappa shape index (κ1) is 15.6. The smallest absolute Gasteiger partial charge is 0.398 e. The van der Waals surface area contributed by atoms with Gasteiger partial charge in [-0.2, -0.15) is 13.2 Å². The van der Waals surface area contributed by atoms with Crippen LogP contribution in [0.2, 0.25) is 0 Å². The molecule has 1 aromatic carbocycles. The molecule has 1 aromatic rings. The predicted octanol–water partition coefficient (Wildman–Crippen LogP) is 1.16. The van der Waals surface area contributed by atoms with Crippen molar-refractivity contribution in [2.45, 2.75) is 6.18 Å². The number of alkyl halides is 3. The summed E-state index contributed by atoms with van der Waals surface area (Å²) >= 11 is 0. The zero-order valence-corrected chi connectivity index (χ0v) is 11.7. The number of hydrogen-bond acceptors (Lipinski definition) is 4. The highest BCUT2D eigenvalue weighted by Crippen LogP contribution is 2.31. The third-order valence-corrected chi connectivity index (χ3v) is 4.85. The molecule has 1 aliphatic heterocycles. The fraction of sp³-hybridized carbons (Fsp3) is 0.417. The summed E-state index contributed by atoms with van der Waals surface area (Å²) in [6.07, 6.45) is -4.53. The number of benzene rings is 1. The summed E-state index contributed by atoms with van der Waals surface area (Å²) in [5.74, 6) is -0.866. The van der Waals surface area contributed by atoms with Gasteiger partial charge in [-0.1, -0.05) is 0 Å². The summed E-state index contributed by atoms with van der Waals surface area (Å²) in [5, 5.41) is 0. The average Bonchev–Trinajstić information content (AvgIpc) is 2.36. The molecule has 0 spiro atoms. The molecule has 2 N–H and O–H groups in total. The van der Waals surface area contributed by atoms with E-state index in [1.807, 2.05) is 0 Å². The third-order valence-electron chi connectivity index (χ3n) is 3.24. The van der Waals surface area contributed by atoms with E-state index in [4.69, 9.17) is 5.73 Å². The van der Waals surface area contributed by atoms with E-state index in [-0.39, 0.29) is 35.8 Å². The second kappa shape index (κ2) is 5.21. The van der Waals surface area contributed by atoms with Crippen molar-refractivity contribution in [1.82, 2.24) is 4.90 Å². The summed E-state index contributed by atoms with van der Waals surface area (Å²) in [6, 6.07) is 2.50. The van der Waals surface area contributed by atoms with Crippen molar-refractivity contribution >= 4 is 21.4 Å². The highest BCUT2D eigenvalue weighted by atomic mass is 32.2. The summed E-state index contributed by atoms with van der Waals surface area (Å²) in [4.78, 5) is 13.4. The Hall–Kier alpha value is -1.77. The van der Waals surface area contributed by atoms with E-state index in [0.717, 1.165) is 12.1 Å². The monoisotopic (exact) mass is 322 g/mol. The summed E-state index contributed by atoms with van der Waals surface area (Å²) in [7, 11) is -3.14. The lowest BCUT2D eigenvalue weighted by atomic mass is 10.1. The van der Waals surface area contributed by atoms with Gasteiger partial charge in [0.2, 0.25) is 0 Å². The van der Waals surface area contributed by atoms with Crippen molar-refractivity contribution in [3.05, 3.63) is 29.3 Å². The number of carbonyl (C=O) groups excluding carboxylic acids is 1. The maximum absolute atomic E-state index is 12.5. The van der Waals surface area contributed by atoms with Gasteiger partial charge in [0.25, 0.3) is 5.91 Å². The van der Waals surface area contributed by atoms with Crippen molar-refractivity contribution < 1.29 is 26.4 Å². The first-order valence-corrected chi connectivity index (χ1v) is 7.89. The van der Waals surface area contributed by atoms with E-state index in [1.54, 1.807) is 0 Å². The van der Waals surface area contributed by atoms with Crippen molar-refractivity contribution in [2.24, 2.45) is 0 Å². The predicted molar refractivity (Wildman–Crippen MR) is 70.4 cm³/mol. The van der Waals surface area contributed by atoms with E-state index in [9.17, 15) is 26.4 Å². The van der Waals surface area contributed by atoms with Gasteiger partial charge in [-0.15, -0.1) is 0 Å². The zero-order chi connectivity index (χ0) is 15.8. The number of sulfone groups is 1. The molecule has 21 heavy (non-hydrogen) atoms. The lowest BCUT2D eigenvalue weighted by molar-refractivity contribution is -0.137. The second-order valence-corrected chi connectivity index (χ2v) is 7.05. The van der Waals surface area contributed by atoms with E-state index >= 15 is 0 Å². The highest BCUT2D eigenvalue weighted by Gasteiger charge is 2.32. The van der Waals surface area contributed by atoms with Crippen molar-refractivity contribution in [2.75, 3.05) is 30.3 Å². The normalized spacial score (nSPS) is 18.5. The number of rotatable bonds is 1. The lowest BCUT2D eigenvalue weighted by Crippen LogP contribution is -2.43. The fourth-order valence-corrected chi connectivity index (χ4v) is 3.22. The molecule has 116 valence electrons. The number of nitrogens with two attached hydrogens (primary N) is 1. The van der Waals surface area contributed by atoms with E-state index < -0.39 is 27.5 Å². The SMILES string of the molecule is Nc1cc(C(F)(F)F)ccc1C(=O)N1CCS(=O)(=O)CC1. The molecule has 0 unspecified atom stereocenters. The molecule has 1 fully saturated rings. The first-order chi connectivity index (χ1) is 9.60. The molecular weight excluding hydrogens is 309 g/mol. The Bertz CT molecular complexity index is 657. The van der Waals surface area contributed by atoms with E-state index in [2.05, 4.69) is 0 Å². The van der Waals surface area contributed by atoms with Gasteiger partial charge >= 0.3 is 6.18 Å². The molecule has 0 bridgehead atoms. The van der Waals surface area contributed by atoms with Crippen LogP contribution >= 0.6 is 0 Å². The molecule has 9 heteroatoms. The highest BCUT2D eigenvalue weighted by molar-refractivity contribution is 7.91. The maximum atomic E-state index is 12.5. The van der Waals surface area contributed by atoms with E-state index in [0.29, 0.717) is 6.07 Å². The molecule has 0 saturated carbocycles. The number of carbonyl (C=O) groups is 1. The van der Waals surface area contributed by atoms with Crippen LogP contribution in [-0.2, 0) is 16.0 Å². The Morgan fingerprint density at radius 3 is 2.24 bits per heavy atom. The minimum atomic E-state index is -4.53. The Labute approximate surface area is 119 Å². The van der Waals surface area contributed by atoms with Crippen LogP contribution in [-0.4, -0.2) is 43.8 Å². The number of nitrogens with zero attached hydrogens (tertiary/aromatic N) is 1. The van der Waals surface area contributed by atoms with Gasteiger partial charge in [0, 0.05) is 18.8 Å². The van der Waals surface area contributed by atoms with Crippen LogP contribution in [0, 0.1) is 0 Å². The molecule has 0 radical (unpaired) electrons. The summed E-state index contributed by atoms with van der Waals surface area (Å²) in [5.41, 5.74) is 4.25. The summed E-state index contributed by atoms with van der Waals surface area (Å²) < 4.78 is 60.1. The van der Waals surface area contributed by atoms with Gasteiger partial charge in [0.15, 0.2) is 9.84 Å². The average molecular weight is 322 g/mol. The van der Waals surface area contributed by atoms with Crippen LogP contribution in [0.25, 0.3) is 0 Å². The van der Waals surface area contributed by atoms with Gasteiger partial charge in [0.1, 0.15) is 0 Å². The number of hydrogen-bond donors (Lipinski definition) is 1. The van der Waals surface area contributed by atoms with Crippen LogP contribution in [0.4, 0.5) is 18.9 Å². The molecule has 0 atom stereocenters. The number of amides is 1. The Kier molecular flexibility index (Phi) is 3.87. The van der Waals surface area contributed by atoms with Crippen molar-refractivity contribution in [1.29, 1.82) is 0 Å². The van der Waals surface area contributed by atoms with Gasteiger partial charge in [0.05, 0.1) is 22.6 Å². The largest absolute Gasteiger partial charge is 0.416 e. The quantitative estimate of drug-likeness (QED) is 0.787. The van der Waals surface area contributed by atoms with Crippen molar-refractivity contribution in [3.8, 4) is 0 Å². The molecule has 0 aromatic heterocycles. The lowest BCUT2D eigenvalue weighted by Gasteiger charge is -2.27. The molecule has 1 amide bonds. The Morgan fingerprint density at radius 2 is 1.76 bits per heavy atom. The Morgan fingerprint density at radius 1 is 1.19 bits per heavy atom. The van der Waals surface area contributed by atoms with Crippen LogP contribution in [0.5, 0.6) is 0 Å². The Balaban J connectivity index is 2.21. The standard InChI is InChI=1S/C12H13F3N2O3S/c13-12(14,15)8-1-2-9(10(16)7-8)11(18)17-3-5-21(19,20)6-4-17/h1-2,7H,3-6,16H2. The molecule has 2 rings (SSSR count). The minimum absolute atomic E-state index is 0.0155. The van der Waals surface area contributed by atoms with Gasteiger partial charge in [-0.3, -0.25) is 4.79 Å². The van der Waals surface area contributed by atoms with Crippen molar-refractivity contribution in [3.63, 3.8) is 0 Å². The van der Waals surface area contributed by atoms with Gasteiger partial charge in [-0.25, -0.2) is 8.42 Å². The summed E-state index contributed by atoms with van der Waals surface area (Å²) in [6.45, 7) is 0.0310. The second-order valence-electron chi connectivity index (χ2n) is 4.74. The maximum Gasteiger partial charge on any atom is 0.416 e. The van der Waals surface area contributed by atoms with Crippen LogP contribution in [0.1, 0.15) is 15.9 Å². The van der Waals surface area contributed by atoms with Crippen LogP contribution in [0.15, 0.2) is 18.2 Å². The first-order valence-electron chi connectivity index (χ1n) is 6.06.